The van der Waals surface area contributed by atoms with Gasteiger partial charge in [-0.05, 0) is 41.8 Å². The Hall–Kier alpha value is -5.37. The lowest BCUT2D eigenvalue weighted by Gasteiger charge is -2.11. The summed E-state index contributed by atoms with van der Waals surface area (Å²) in [6, 6.07) is 33.8. The van der Waals surface area contributed by atoms with E-state index in [9.17, 15) is 14.9 Å². The van der Waals surface area contributed by atoms with Gasteiger partial charge in [0.25, 0.3) is 11.6 Å². The molecule has 0 fully saturated rings. The Labute approximate surface area is 219 Å². The molecule has 186 valence electrons. The SMILES string of the molecule is Cc1ccccc1-n1nc(C(=O)N/N=C\c2ccccc2[N+](=O)[O-])cc1-c1ccc(-c2ccccc2)cc1. The Morgan fingerprint density at radius 2 is 1.50 bits per heavy atom. The topological polar surface area (TPSA) is 102 Å². The zero-order valence-electron chi connectivity index (χ0n) is 20.5. The minimum absolute atomic E-state index is 0.101. The number of aryl methyl sites for hydroxylation is 1. The van der Waals surface area contributed by atoms with E-state index in [1.807, 2.05) is 73.7 Å². The first-order valence-electron chi connectivity index (χ1n) is 11.9. The first-order chi connectivity index (χ1) is 18.5. The van der Waals surface area contributed by atoms with Gasteiger partial charge in [-0.15, -0.1) is 0 Å². The van der Waals surface area contributed by atoms with Gasteiger partial charge < -0.3 is 0 Å². The van der Waals surface area contributed by atoms with Gasteiger partial charge in [0.2, 0.25) is 0 Å². The number of nitrogens with one attached hydrogen (secondary N) is 1. The fourth-order valence-corrected chi connectivity index (χ4v) is 4.13. The Balaban J connectivity index is 1.47. The number of para-hydroxylation sites is 2. The Morgan fingerprint density at radius 1 is 0.868 bits per heavy atom. The molecule has 38 heavy (non-hydrogen) atoms. The summed E-state index contributed by atoms with van der Waals surface area (Å²) in [7, 11) is 0. The van der Waals surface area contributed by atoms with Crippen LogP contribution in [0.2, 0.25) is 0 Å². The predicted molar refractivity (Wildman–Crippen MR) is 147 cm³/mol. The van der Waals surface area contributed by atoms with Gasteiger partial charge in [0, 0.05) is 11.6 Å². The van der Waals surface area contributed by atoms with Crippen LogP contribution in [-0.2, 0) is 0 Å². The maximum absolute atomic E-state index is 13.0. The number of hydrogen-bond donors (Lipinski definition) is 1. The number of carbonyl (C=O) groups excluding carboxylic acids is 1. The molecule has 1 heterocycles. The third kappa shape index (κ3) is 5.10. The molecule has 1 N–H and O–H groups in total. The maximum Gasteiger partial charge on any atom is 0.291 e. The number of amides is 1. The average Bonchev–Trinajstić information content (AvgIpc) is 3.39. The van der Waals surface area contributed by atoms with Crippen LogP contribution in [0.5, 0.6) is 0 Å². The average molecular weight is 502 g/mol. The van der Waals surface area contributed by atoms with Gasteiger partial charge in [-0.1, -0.05) is 84.9 Å². The number of benzene rings is 4. The monoisotopic (exact) mass is 501 g/mol. The van der Waals surface area contributed by atoms with Crippen LogP contribution < -0.4 is 5.43 Å². The number of nitro benzene ring substituents is 1. The summed E-state index contributed by atoms with van der Waals surface area (Å²) in [6.45, 7) is 1.98. The first kappa shape index (κ1) is 24.3. The number of nitro groups is 1. The largest absolute Gasteiger partial charge is 0.291 e. The number of hydrazone groups is 1. The molecule has 8 nitrogen and oxygen atoms in total. The van der Waals surface area contributed by atoms with Crippen LogP contribution in [0.15, 0.2) is 114 Å². The highest BCUT2D eigenvalue weighted by molar-refractivity contribution is 5.95. The molecule has 0 aliphatic carbocycles. The van der Waals surface area contributed by atoms with E-state index in [4.69, 9.17) is 0 Å². The van der Waals surface area contributed by atoms with Crippen molar-refractivity contribution in [3.05, 3.63) is 136 Å². The van der Waals surface area contributed by atoms with Crippen molar-refractivity contribution in [3.8, 4) is 28.1 Å². The lowest BCUT2D eigenvalue weighted by molar-refractivity contribution is -0.385. The van der Waals surface area contributed by atoms with Gasteiger partial charge in [0.05, 0.1) is 28.1 Å². The number of carbonyl (C=O) groups is 1. The molecule has 0 saturated carbocycles. The first-order valence-corrected chi connectivity index (χ1v) is 11.9. The Kier molecular flexibility index (Phi) is 6.86. The molecule has 8 heteroatoms. The van der Waals surface area contributed by atoms with E-state index in [-0.39, 0.29) is 16.9 Å². The molecule has 0 atom stereocenters. The zero-order chi connectivity index (χ0) is 26.5. The van der Waals surface area contributed by atoms with Crippen LogP contribution in [0.4, 0.5) is 5.69 Å². The second-order valence-corrected chi connectivity index (χ2v) is 8.57. The minimum Gasteiger partial charge on any atom is -0.265 e. The van der Waals surface area contributed by atoms with Crippen molar-refractivity contribution in [1.29, 1.82) is 0 Å². The van der Waals surface area contributed by atoms with Gasteiger partial charge in [-0.3, -0.25) is 14.9 Å². The van der Waals surface area contributed by atoms with Crippen LogP contribution in [0.3, 0.4) is 0 Å². The normalized spacial score (nSPS) is 11.0. The van der Waals surface area contributed by atoms with Gasteiger partial charge in [0.15, 0.2) is 5.69 Å². The smallest absolute Gasteiger partial charge is 0.265 e. The van der Waals surface area contributed by atoms with Crippen LogP contribution in [0.25, 0.3) is 28.1 Å². The molecule has 1 aromatic heterocycles. The van der Waals surface area contributed by atoms with Crippen molar-refractivity contribution < 1.29 is 9.72 Å². The number of hydrogen-bond acceptors (Lipinski definition) is 5. The van der Waals surface area contributed by atoms with Crippen molar-refractivity contribution in [2.24, 2.45) is 5.10 Å². The summed E-state index contributed by atoms with van der Waals surface area (Å²) >= 11 is 0. The molecular weight excluding hydrogens is 478 g/mol. The molecule has 5 aromatic rings. The van der Waals surface area contributed by atoms with Crippen LogP contribution in [0, 0.1) is 17.0 Å². The number of aromatic nitrogens is 2. The summed E-state index contributed by atoms with van der Waals surface area (Å²) in [5.41, 5.74) is 8.45. The Morgan fingerprint density at radius 3 is 2.24 bits per heavy atom. The highest BCUT2D eigenvalue weighted by Gasteiger charge is 2.18. The van der Waals surface area contributed by atoms with E-state index in [2.05, 4.69) is 27.8 Å². The fraction of sp³-hybridized carbons (Fsp3) is 0.0333. The summed E-state index contributed by atoms with van der Waals surface area (Å²) in [6.07, 6.45) is 1.25. The second kappa shape index (κ2) is 10.7. The molecule has 0 spiro atoms. The zero-order valence-corrected chi connectivity index (χ0v) is 20.5. The van der Waals surface area contributed by atoms with E-state index in [0.29, 0.717) is 0 Å². The summed E-state index contributed by atoms with van der Waals surface area (Å²) in [4.78, 5) is 23.7. The minimum atomic E-state index is -0.533. The fourth-order valence-electron chi connectivity index (χ4n) is 4.13. The molecule has 1 amide bonds. The van der Waals surface area contributed by atoms with E-state index >= 15 is 0 Å². The molecule has 4 aromatic carbocycles. The van der Waals surface area contributed by atoms with Crippen molar-refractivity contribution in [2.45, 2.75) is 6.92 Å². The summed E-state index contributed by atoms with van der Waals surface area (Å²) in [5, 5.41) is 19.7. The highest BCUT2D eigenvalue weighted by atomic mass is 16.6. The van der Waals surface area contributed by atoms with E-state index in [0.717, 1.165) is 33.6 Å². The van der Waals surface area contributed by atoms with E-state index in [1.165, 1.54) is 12.3 Å². The third-order valence-electron chi connectivity index (χ3n) is 6.08. The molecule has 0 aliphatic heterocycles. The van der Waals surface area contributed by atoms with E-state index in [1.54, 1.807) is 28.9 Å². The lowest BCUT2D eigenvalue weighted by atomic mass is 10.0. The van der Waals surface area contributed by atoms with Crippen molar-refractivity contribution in [3.63, 3.8) is 0 Å². The third-order valence-corrected chi connectivity index (χ3v) is 6.08. The summed E-state index contributed by atoms with van der Waals surface area (Å²) in [5.74, 6) is -0.533. The van der Waals surface area contributed by atoms with Crippen molar-refractivity contribution in [2.75, 3.05) is 0 Å². The molecule has 5 rings (SSSR count). The predicted octanol–water partition coefficient (Wildman–Crippen LogP) is 6.19. The quantitative estimate of drug-likeness (QED) is 0.163. The highest BCUT2D eigenvalue weighted by Crippen LogP contribution is 2.28. The van der Waals surface area contributed by atoms with Crippen LogP contribution in [0.1, 0.15) is 21.6 Å². The van der Waals surface area contributed by atoms with Gasteiger partial charge >= 0.3 is 0 Å². The van der Waals surface area contributed by atoms with Gasteiger partial charge in [-0.2, -0.15) is 10.2 Å². The summed E-state index contributed by atoms with van der Waals surface area (Å²) < 4.78 is 1.74. The maximum atomic E-state index is 13.0. The standard InChI is InChI=1S/C30H23N5O3/c1-21-9-5-7-13-27(21)34-29(24-17-15-23(16-18-24)22-10-3-2-4-11-22)19-26(33-34)30(36)32-31-20-25-12-6-8-14-28(25)35(37)38/h2-20H,1H3,(H,32,36)/b31-20-. The van der Waals surface area contributed by atoms with Crippen molar-refractivity contribution >= 4 is 17.8 Å². The molecule has 0 bridgehead atoms. The van der Waals surface area contributed by atoms with E-state index < -0.39 is 10.8 Å². The number of nitrogens with zero attached hydrogens (tertiary/aromatic N) is 4. The molecule has 0 radical (unpaired) electrons. The van der Waals surface area contributed by atoms with Crippen molar-refractivity contribution in [1.82, 2.24) is 15.2 Å². The lowest BCUT2D eigenvalue weighted by Crippen LogP contribution is -2.18. The molecule has 0 aliphatic rings. The molecular formula is C30H23N5O3. The van der Waals surface area contributed by atoms with Crippen LogP contribution >= 0.6 is 0 Å². The number of rotatable bonds is 7. The Bertz CT molecular complexity index is 1640. The van der Waals surface area contributed by atoms with Gasteiger partial charge in [0.1, 0.15) is 0 Å². The molecule has 0 saturated heterocycles. The second-order valence-electron chi connectivity index (χ2n) is 8.57. The van der Waals surface area contributed by atoms with Gasteiger partial charge in [-0.25, -0.2) is 10.1 Å². The molecule has 0 unspecified atom stereocenters. The van der Waals surface area contributed by atoms with Crippen LogP contribution in [-0.4, -0.2) is 26.8 Å².